The normalized spacial score (nSPS) is 19.4. The lowest BCUT2D eigenvalue weighted by Crippen LogP contribution is -2.45. The molecule has 34 heavy (non-hydrogen) atoms. The molecule has 0 aromatic heterocycles. The summed E-state index contributed by atoms with van der Waals surface area (Å²) in [5.74, 6) is -2.71. The largest absolute Gasteiger partial charge is 0.469 e. The lowest BCUT2D eigenvalue weighted by atomic mass is 9.81. The van der Waals surface area contributed by atoms with E-state index in [1.54, 1.807) is 19.1 Å². The van der Waals surface area contributed by atoms with Gasteiger partial charge in [0.05, 0.1) is 20.1 Å². The van der Waals surface area contributed by atoms with Crippen LogP contribution in [0.1, 0.15) is 24.5 Å². The van der Waals surface area contributed by atoms with Gasteiger partial charge in [0.2, 0.25) is 0 Å². The Labute approximate surface area is 198 Å². The minimum atomic E-state index is -1.07. The molecule has 2 aromatic rings. The van der Waals surface area contributed by atoms with Crippen molar-refractivity contribution in [3.05, 3.63) is 78.1 Å². The summed E-state index contributed by atoms with van der Waals surface area (Å²) < 4.78 is 29.0. The lowest BCUT2D eigenvalue weighted by molar-refractivity contribution is -0.150. The SMILES string of the molecule is C=C(c1ccc(F)cc1)[C@H]1CN(C(=O)OCc2ccccc2)[C@H](C(=O)OCC)[C@H]1CC(=O)OC. The van der Waals surface area contributed by atoms with Crippen LogP contribution in [-0.4, -0.2) is 49.2 Å². The lowest BCUT2D eigenvalue weighted by Gasteiger charge is -2.26. The van der Waals surface area contributed by atoms with Crippen molar-refractivity contribution in [1.29, 1.82) is 0 Å². The topological polar surface area (TPSA) is 82.1 Å². The first-order chi connectivity index (χ1) is 16.3. The standard InChI is InChI=1S/C26H28FNO6/c1-4-33-25(30)24-21(14-23(29)32-3)22(17(2)19-10-12-20(27)13-11-19)15-28(24)26(31)34-16-18-8-6-5-7-9-18/h5-13,21-22,24H,2,4,14-16H2,1,3H3/t21-,22+,24-/m0/s1. The summed E-state index contributed by atoms with van der Waals surface area (Å²) in [5, 5.41) is 0. The second kappa shape index (κ2) is 11.4. The molecule has 0 unspecified atom stereocenters. The summed E-state index contributed by atoms with van der Waals surface area (Å²) in [5.41, 5.74) is 2.01. The predicted molar refractivity (Wildman–Crippen MR) is 123 cm³/mol. The van der Waals surface area contributed by atoms with E-state index >= 15 is 0 Å². The van der Waals surface area contributed by atoms with Gasteiger partial charge in [-0.2, -0.15) is 0 Å². The van der Waals surface area contributed by atoms with Gasteiger partial charge in [0.15, 0.2) is 0 Å². The first-order valence-electron chi connectivity index (χ1n) is 11.0. The van der Waals surface area contributed by atoms with Crippen LogP contribution in [0.5, 0.6) is 0 Å². The number of hydrogen-bond donors (Lipinski definition) is 0. The summed E-state index contributed by atoms with van der Waals surface area (Å²) in [6.45, 7) is 6.01. The fourth-order valence-electron chi connectivity index (χ4n) is 4.21. The monoisotopic (exact) mass is 469 g/mol. The number of halogens is 1. The molecular weight excluding hydrogens is 441 g/mol. The maximum Gasteiger partial charge on any atom is 0.410 e. The van der Waals surface area contributed by atoms with Crippen molar-refractivity contribution in [3.63, 3.8) is 0 Å². The van der Waals surface area contributed by atoms with E-state index < -0.39 is 41.7 Å². The molecule has 7 nitrogen and oxygen atoms in total. The van der Waals surface area contributed by atoms with Gasteiger partial charge in [0.1, 0.15) is 18.5 Å². The van der Waals surface area contributed by atoms with E-state index in [4.69, 9.17) is 14.2 Å². The van der Waals surface area contributed by atoms with Crippen LogP contribution in [0.2, 0.25) is 0 Å². The van der Waals surface area contributed by atoms with E-state index in [0.717, 1.165) is 5.56 Å². The van der Waals surface area contributed by atoms with Crippen LogP contribution >= 0.6 is 0 Å². The van der Waals surface area contributed by atoms with Gasteiger partial charge in [-0.3, -0.25) is 9.69 Å². The summed E-state index contributed by atoms with van der Waals surface area (Å²) in [4.78, 5) is 39.6. The first-order valence-corrected chi connectivity index (χ1v) is 11.0. The van der Waals surface area contributed by atoms with Crippen molar-refractivity contribution in [2.24, 2.45) is 11.8 Å². The Morgan fingerprint density at radius 1 is 1.06 bits per heavy atom. The van der Waals surface area contributed by atoms with E-state index in [0.29, 0.717) is 11.1 Å². The predicted octanol–water partition coefficient (Wildman–Crippen LogP) is 4.22. The number of benzene rings is 2. The third-order valence-electron chi connectivity index (χ3n) is 5.91. The summed E-state index contributed by atoms with van der Waals surface area (Å²) in [6, 6.07) is 13.8. The number of nitrogens with zero attached hydrogens (tertiary/aromatic N) is 1. The average Bonchev–Trinajstić information content (AvgIpc) is 3.22. The fraction of sp³-hybridized carbons (Fsp3) is 0.346. The van der Waals surface area contributed by atoms with Crippen molar-refractivity contribution in [3.8, 4) is 0 Å². The molecule has 1 saturated heterocycles. The molecule has 3 atom stereocenters. The Hall–Kier alpha value is -3.68. The van der Waals surface area contributed by atoms with E-state index in [1.807, 2.05) is 30.3 Å². The van der Waals surface area contributed by atoms with Gasteiger partial charge in [-0.05, 0) is 35.8 Å². The molecule has 0 radical (unpaired) electrons. The number of ether oxygens (including phenoxy) is 3. The van der Waals surface area contributed by atoms with Crippen LogP contribution in [-0.2, 0) is 30.4 Å². The highest BCUT2D eigenvalue weighted by atomic mass is 19.1. The molecule has 3 rings (SSSR count). The second-order valence-electron chi connectivity index (χ2n) is 7.97. The van der Waals surface area contributed by atoms with E-state index in [9.17, 15) is 18.8 Å². The highest BCUT2D eigenvalue weighted by molar-refractivity contribution is 5.85. The first kappa shape index (κ1) is 25.0. The van der Waals surface area contributed by atoms with Crippen LogP contribution in [0.4, 0.5) is 9.18 Å². The third-order valence-corrected chi connectivity index (χ3v) is 5.91. The molecule has 2 aromatic carbocycles. The molecule has 0 N–H and O–H groups in total. The Kier molecular flexibility index (Phi) is 8.40. The zero-order chi connectivity index (χ0) is 24.7. The number of carbonyl (C=O) groups is 3. The Bertz CT molecular complexity index is 1020. The quantitative estimate of drug-likeness (QED) is 0.425. The van der Waals surface area contributed by atoms with Crippen LogP contribution in [0.15, 0.2) is 61.2 Å². The van der Waals surface area contributed by atoms with Crippen LogP contribution in [0.25, 0.3) is 5.57 Å². The minimum absolute atomic E-state index is 0.0248. The molecule has 0 bridgehead atoms. The van der Waals surface area contributed by atoms with E-state index in [1.165, 1.54) is 24.1 Å². The van der Waals surface area contributed by atoms with Crippen LogP contribution in [0.3, 0.4) is 0 Å². The highest BCUT2D eigenvalue weighted by Crippen LogP contribution is 2.41. The second-order valence-corrected chi connectivity index (χ2v) is 7.97. The van der Waals surface area contributed by atoms with Gasteiger partial charge >= 0.3 is 18.0 Å². The fourth-order valence-corrected chi connectivity index (χ4v) is 4.21. The maximum atomic E-state index is 13.4. The number of amides is 1. The van der Waals surface area contributed by atoms with Gasteiger partial charge in [-0.15, -0.1) is 0 Å². The van der Waals surface area contributed by atoms with Crippen molar-refractivity contribution in [2.45, 2.75) is 26.0 Å². The van der Waals surface area contributed by atoms with Crippen LogP contribution < -0.4 is 0 Å². The van der Waals surface area contributed by atoms with Gasteiger partial charge in [-0.1, -0.05) is 49.0 Å². The molecular formula is C26H28FNO6. The van der Waals surface area contributed by atoms with Gasteiger partial charge in [0.25, 0.3) is 0 Å². The minimum Gasteiger partial charge on any atom is -0.469 e. The van der Waals surface area contributed by atoms with Crippen molar-refractivity contribution in [1.82, 2.24) is 4.90 Å². The maximum absolute atomic E-state index is 13.4. The smallest absolute Gasteiger partial charge is 0.410 e. The van der Waals surface area contributed by atoms with E-state index in [2.05, 4.69) is 6.58 Å². The number of hydrogen-bond acceptors (Lipinski definition) is 6. The molecule has 8 heteroatoms. The summed E-state index contributed by atoms with van der Waals surface area (Å²) >= 11 is 0. The Morgan fingerprint density at radius 3 is 2.35 bits per heavy atom. The van der Waals surface area contributed by atoms with Crippen molar-refractivity contribution >= 4 is 23.6 Å². The number of carbonyl (C=O) groups excluding carboxylic acids is 3. The number of likely N-dealkylation sites (tertiary alicyclic amines) is 1. The molecule has 0 aliphatic carbocycles. The molecule has 180 valence electrons. The molecule has 0 saturated carbocycles. The van der Waals surface area contributed by atoms with E-state index in [-0.39, 0.29) is 26.2 Å². The highest BCUT2D eigenvalue weighted by Gasteiger charge is 2.51. The van der Waals surface area contributed by atoms with Gasteiger partial charge in [0, 0.05) is 18.4 Å². The molecule has 1 fully saturated rings. The molecule has 1 amide bonds. The Morgan fingerprint density at radius 2 is 1.74 bits per heavy atom. The van der Waals surface area contributed by atoms with Gasteiger partial charge < -0.3 is 14.2 Å². The van der Waals surface area contributed by atoms with Gasteiger partial charge in [-0.25, -0.2) is 14.0 Å². The molecule has 1 aliphatic rings. The third kappa shape index (κ3) is 5.81. The zero-order valence-electron chi connectivity index (χ0n) is 19.2. The number of methoxy groups -OCH3 is 1. The zero-order valence-corrected chi connectivity index (χ0v) is 19.2. The van der Waals surface area contributed by atoms with Crippen LogP contribution in [0, 0.1) is 17.7 Å². The molecule has 1 aliphatic heterocycles. The average molecular weight is 470 g/mol. The number of esters is 2. The molecule has 1 heterocycles. The van der Waals surface area contributed by atoms with Crippen molar-refractivity contribution < 1.29 is 33.0 Å². The Balaban J connectivity index is 1.91. The summed E-state index contributed by atoms with van der Waals surface area (Å²) in [6.07, 6.45) is -0.834. The van der Waals surface area contributed by atoms with Crippen molar-refractivity contribution in [2.75, 3.05) is 20.3 Å². The molecule has 0 spiro atoms. The number of rotatable bonds is 8. The summed E-state index contributed by atoms with van der Waals surface area (Å²) in [7, 11) is 1.26.